The lowest BCUT2D eigenvalue weighted by Gasteiger charge is -2.17. The van der Waals surface area contributed by atoms with E-state index in [0.29, 0.717) is 17.5 Å². The lowest BCUT2D eigenvalue weighted by Crippen LogP contribution is -2.31. The fourth-order valence-electron chi connectivity index (χ4n) is 3.24. The molecule has 22 heavy (non-hydrogen) atoms. The molecule has 7 heteroatoms. The third-order valence-electron chi connectivity index (χ3n) is 4.82. The Morgan fingerprint density at radius 3 is 2.91 bits per heavy atom. The van der Waals surface area contributed by atoms with Gasteiger partial charge in [0, 0.05) is 36.8 Å². The first-order chi connectivity index (χ1) is 10.6. The van der Waals surface area contributed by atoms with Gasteiger partial charge in [-0.2, -0.15) is 9.61 Å². The van der Waals surface area contributed by atoms with Gasteiger partial charge in [0.25, 0.3) is 0 Å². The lowest BCUT2D eigenvalue weighted by molar-refractivity contribution is 0.352. The van der Waals surface area contributed by atoms with Gasteiger partial charge in [0.15, 0.2) is 11.5 Å². The van der Waals surface area contributed by atoms with Crippen LogP contribution in [0.1, 0.15) is 37.8 Å². The summed E-state index contributed by atoms with van der Waals surface area (Å²) in [6, 6.07) is 2.27. The number of aromatic nitrogens is 3. The van der Waals surface area contributed by atoms with Crippen molar-refractivity contribution in [2.45, 2.75) is 38.1 Å². The summed E-state index contributed by atoms with van der Waals surface area (Å²) in [7, 11) is 0. The van der Waals surface area contributed by atoms with Crippen molar-refractivity contribution >= 4 is 11.5 Å². The molecule has 3 N–H and O–H groups in total. The number of nitrogens with two attached hydrogens (primary N) is 1. The average molecular weight is 304 g/mol. The predicted octanol–water partition coefficient (Wildman–Crippen LogP) is 1.74. The molecule has 2 aromatic heterocycles. The Labute approximate surface area is 128 Å². The second kappa shape index (κ2) is 5.17. The molecule has 2 unspecified atom stereocenters. The van der Waals surface area contributed by atoms with Gasteiger partial charge >= 0.3 is 0 Å². The first-order valence-electron chi connectivity index (χ1n) is 7.92. The molecule has 6 nitrogen and oxygen atoms in total. The molecule has 2 aliphatic rings. The van der Waals surface area contributed by atoms with Crippen LogP contribution in [0.2, 0.25) is 0 Å². The van der Waals surface area contributed by atoms with Crippen LogP contribution in [-0.4, -0.2) is 38.7 Å². The summed E-state index contributed by atoms with van der Waals surface area (Å²) in [5, 5.41) is 9.37. The first-order valence-corrected chi connectivity index (χ1v) is 7.92. The number of hydrogen-bond acceptors (Lipinski definition) is 5. The molecule has 0 radical (unpaired) electrons. The van der Waals surface area contributed by atoms with E-state index in [2.05, 4.69) is 22.3 Å². The van der Waals surface area contributed by atoms with E-state index >= 15 is 0 Å². The van der Waals surface area contributed by atoms with Crippen LogP contribution in [0.5, 0.6) is 0 Å². The smallest absolute Gasteiger partial charge is 0.193 e. The Bertz CT molecular complexity index is 695. The normalized spacial score (nSPS) is 24.0. The summed E-state index contributed by atoms with van der Waals surface area (Å²) in [5.41, 5.74) is 1.25. The van der Waals surface area contributed by atoms with Gasteiger partial charge < -0.3 is 5.32 Å². The van der Waals surface area contributed by atoms with Crippen LogP contribution in [0.25, 0.3) is 5.65 Å². The maximum atomic E-state index is 14.0. The van der Waals surface area contributed by atoms with E-state index in [4.69, 9.17) is 5.84 Å². The minimum atomic E-state index is -0.375. The third kappa shape index (κ3) is 2.44. The van der Waals surface area contributed by atoms with E-state index in [9.17, 15) is 4.39 Å². The van der Waals surface area contributed by atoms with E-state index in [1.165, 1.54) is 19.0 Å². The predicted molar refractivity (Wildman–Crippen MR) is 81.9 cm³/mol. The SMILES string of the molecule is CC(c1cc(NC2CCN(N)C2)n2ncc(F)c2n1)C1CC1. The van der Waals surface area contributed by atoms with E-state index < -0.39 is 0 Å². The molecule has 3 heterocycles. The number of fused-ring (bicyclic) bond motifs is 1. The zero-order valence-corrected chi connectivity index (χ0v) is 12.7. The van der Waals surface area contributed by atoms with Crippen LogP contribution in [0.3, 0.4) is 0 Å². The molecule has 0 spiro atoms. The molecule has 4 rings (SSSR count). The van der Waals surface area contributed by atoms with Gasteiger partial charge in [0.05, 0.1) is 6.20 Å². The summed E-state index contributed by atoms with van der Waals surface area (Å²) in [6.45, 7) is 3.82. The summed E-state index contributed by atoms with van der Waals surface area (Å²) < 4.78 is 15.5. The molecular formula is C15H21FN6. The molecule has 0 bridgehead atoms. The molecule has 1 saturated carbocycles. The lowest BCUT2D eigenvalue weighted by atomic mass is 10.0. The van der Waals surface area contributed by atoms with Crippen molar-refractivity contribution in [2.24, 2.45) is 11.8 Å². The number of hydrazine groups is 1. The van der Waals surface area contributed by atoms with Gasteiger partial charge in [-0.1, -0.05) is 6.92 Å². The van der Waals surface area contributed by atoms with Crippen molar-refractivity contribution < 1.29 is 4.39 Å². The minimum absolute atomic E-state index is 0.256. The maximum absolute atomic E-state index is 14.0. The van der Waals surface area contributed by atoms with Crippen molar-refractivity contribution in [2.75, 3.05) is 18.4 Å². The zero-order valence-electron chi connectivity index (χ0n) is 12.7. The van der Waals surface area contributed by atoms with Crippen LogP contribution >= 0.6 is 0 Å². The van der Waals surface area contributed by atoms with Gasteiger partial charge in [-0.25, -0.2) is 14.4 Å². The summed E-state index contributed by atoms with van der Waals surface area (Å²) >= 11 is 0. The Kier molecular flexibility index (Phi) is 3.27. The van der Waals surface area contributed by atoms with Crippen LogP contribution < -0.4 is 11.2 Å². The van der Waals surface area contributed by atoms with Crippen LogP contribution in [-0.2, 0) is 0 Å². The highest BCUT2D eigenvalue weighted by Gasteiger charge is 2.31. The molecule has 2 aromatic rings. The fourth-order valence-corrected chi connectivity index (χ4v) is 3.24. The monoisotopic (exact) mass is 304 g/mol. The van der Waals surface area contributed by atoms with E-state index in [0.717, 1.165) is 31.0 Å². The van der Waals surface area contributed by atoms with Crippen LogP contribution in [0.15, 0.2) is 12.3 Å². The number of anilines is 1. The van der Waals surface area contributed by atoms with E-state index in [1.807, 2.05) is 6.07 Å². The topological polar surface area (TPSA) is 71.5 Å². The van der Waals surface area contributed by atoms with Crippen molar-refractivity contribution in [1.82, 2.24) is 19.6 Å². The van der Waals surface area contributed by atoms with Gasteiger partial charge in [-0.15, -0.1) is 0 Å². The summed E-state index contributed by atoms with van der Waals surface area (Å²) in [5.74, 6) is 7.28. The maximum Gasteiger partial charge on any atom is 0.193 e. The van der Waals surface area contributed by atoms with Gasteiger partial charge in [-0.05, 0) is 25.2 Å². The highest BCUT2D eigenvalue weighted by Crippen LogP contribution is 2.42. The number of rotatable bonds is 4. The molecule has 2 atom stereocenters. The Morgan fingerprint density at radius 1 is 1.41 bits per heavy atom. The summed E-state index contributed by atoms with van der Waals surface area (Å²) in [6.07, 6.45) is 4.67. The molecule has 118 valence electrons. The Morgan fingerprint density at radius 2 is 2.23 bits per heavy atom. The van der Waals surface area contributed by atoms with Gasteiger partial charge in [0.1, 0.15) is 5.82 Å². The quantitative estimate of drug-likeness (QED) is 0.842. The van der Waals surface area contributed by atoms with Crippen LogP contribution in [0, 0.1) is 11.7 Å². The fraction of sp³-hybridized carbons (Fsp3) is 0.600. The Hall–Kier alpha value is -1.73. The van der Waals surface area contributed by atoms with Crippen molar-refractivity contribution in [3.63, 3.8) is 0 Å². The number of halogens is 1. The molecule has 1 aliphatic heterocycles. The summed E-state index contributed by atoms with van der Waals surface area (Å²) in [4.78, 5) is 4.50. The second-order valence-electron chi connectivity index (χ2n) is 6.55. The molecule has 2 fully saturated rings. The molecule has 1 aliphatic carbocycles. The molecular weight excluding hydrogens is 283 g/mol. The largest absolute Gasteiger partial charge is 0.366 e. The molecule has 0 aromatic carbocycles. The van der Waals surface area contributed by atoms with Gasteiger partial charge in [-0.3, -0.25) is 5.84 Å². The molecule has 1 saturated heterocycles. The number of nitrogens with one attached hydrogen (secondary N) is 1. The minimum Gasteiger partial charge on any atom is -0.366 e. The Balaban J connectivity index is 1.71. The highest BCUT2D eigenvalue weighted by atomic mass is 19.1. The van der Waals surface area contributed by atoms with Crippen LogP contribution in [0.4, 0.5) is 10.2 Å². The van der Waals surface area contributed by atoms with Crippen molar-refractivity contribution in [3.8, 4) is 0 Å². The first kappa shape index (κ1) is 13.9. The van der Waals surface area contributed by atoms with E-state index in [-0.39, 0.29) is 11.9 Å². The zero-order chi connectivity index (χ0) is 15.3. The molecule has 0 amide bonds. The number of nitrogens with zero attached hydrogens (tertiary/aromatic N) is 4. The highest BCUT2D eigenvalue weighted by molar-refractivity contribution is 5.51. The van der Waals surface area contributed by atoms with Gasteiger partial charge in [0.2, 0.25) is 0 Å². The average Bonchev–Trinajstić information content (AvgIpc) is 3.18. The van der Waals surface area contributed by atoms with Crippen molar-refractivity contribution in [3.05, 3.63) is 23.8 Å². The third-order valence-corrected chi connectivity index (χ3v) is 4.82. The van der Waals surface area contributed by atoms with E-state index in [1.54, 1.807) is 9.52 Å². The van der Waals surface area contributed by atoms with Crippen molar-refractivity contribution in [1.29, 1.82) is 0 Å². The standard InChI is InChI=1S/C15H21FN6/c1-9(10-2-3-10)13-6-14(19-11-4-5-21(17)8-11)22-15(20-13)12(16)7-18-22/h6-7,9-11,19H,2-5,8,17H2,1H3. The second-order valence-corrected chi connectivity index (χ2v) is 6.55. The number of hydrogen-bond donors (Lipinski definition) is 2.